The summed E-state index contributed by atoms with van der Waals surface area (Å²) in [6, 6.07) is 18.3. The number of methoxy groups -OCH3 is 2. The standard InChI is InChI=1S/C27H33N3O4.C19H26N2O2/c1-18-13-27(31)30(24-15-22(32-2)7-8-23(18)24)10-9-19-3-5-20(6-4-19)28-16-21-14-25-26(17-29-21)34-12-11-33-25;1-13-11-19(22)21(10-9-14-3-5-15(20)6-4-14)18-12-16(23-2)7-8-17(13)18/h7-8,13-15,17,19-20,28H,3-6,9-12,16H2,1-2H3;7-8,11-12,14-15H,3-6,9-10,20H2,1-2H3. The zero-order valence-corrected chi connectivity index (χ0v) is 34.1. The zero-order chi connectivity index (χ0) is 39.9. The van der Waals surface area contributed by atoms with E-state index in [0.717, 1.165) is 120 Å². The van der Waals surface area contributed by atoms with Gasteiger partial charge in [0, 0.05) is 72.8 Å². The van der Waals surface area contributed by atoms with E-state index in [1.54, 1.807) is 32.5 Å². The number of pyridine rings is 3. The Bertz CT molecular complexity index is 2270. The summed E-state index contributed by atoms with van der Waals surface area (Å²) in [7, 11) is 3.32. The second-order valence-electron chi connectivity index (χ2n) is 16.2. The summed E-state index contributed by atoms with van der Waals surface area (Å²) >= 11 is 0. The molecule has 0 bridgehead atoms. The highest BCUT2D eigenvalue weighted by Gasteiger charge is 2.23. The van der Waals surface area contributed by atoms with Gasteiger partial charge in [-0.3, -0.25) is 14.6 Å². The number of nitrogens with zero attached hydrogens (tertiary/aromatic N) is 3. The summed E-state index contributed by atoms with van der Waals surface area (Å²) in [4.78, 5) is 29.8. The summed E-state index contributed by atoms with van der Waals surface area (Å²) in [6.45, 7) is 7.40. The quantitative estimate of drug-likeness (QED) is 0.140. The molecule has 2 fully saturated rings. The van der Waals surface area contributed by atoms with Crippen molar-refractivity contribution in [2.24, 2.45) is 17.6 Å². The molecular weight excluding hydrogens is 719 g/mol. The topological polar surface area (TPSA) is 132 Å². The van der Waals surface area contributed by atoms with Crippen LogP contribution in [-0.2, 0) is 19.6 Å². The van der Waals surface area contributed by atoms with Crippen LogP contribution in [-0.4, -0.2) is 53.6 Å². The molecule has 2 aliphatic carbocycles. The predicted octanol–water partition coefficient (Wildman–Crippen LogP) is 7.45. The number of fused-ring (bicyclic) bond motifs is 3. The normalized spacial score (nSPS) is 20.5. The molecule has 3 aliphatic rings. The Hall–Kier alpha value is -4.87. The van der Waals surface area contributed by atoms with Gasteiger partial charge in [-0.25, -0.2) is 0 Å². The average Bonchev–Trinajstić information content (AvgIpc) is 3.23. The van der Waals surface area contributed by atoms with Crippen LogP contribution in [0.25, 0.3) is 21.8 Å². The molecule has 57 heavy (non-hydrogen) atoms. The molecule has 3 aromatic heterocycles. The van der Waals surface area contributed by atoms with Crippen LogP contribution in [0.1, 0.15) is 81.0 Å². The van der Waals surface area contributed by atoms with Crippen LogP contribution in [0.4, 0.5) is 0 Å². The first-order chi connectivity index (χ1) is 27.7. The van der Waals surface area contributed by atoms with Crippen molar-refractivity contribution in [1.29, 1.82) is 0 Å². The molecule has 11 nitrogen and oxygen atoms in total. The van der Waals surface area contributed by atoms with Crippen molar-refractivity contribution >= 4 is 21.8 Å². The van der Waals surface area contributed by atoms with Crippen molar-refractivity contribution < 1.29 is 18.9 Å². The number of benzene rings is 2. The molecule has 0 unspecified atom stereocenters. The van der Waals surface area contributed by atoms with E-state index < -0.39 is 0 Å². The maximum Gasteiger partial charge on any atom is 0.251 e. The lowest BCUT2D eigenvalue weighted by Crippen LogP contribution is -2.33. The molecule has 2 aromatic carbocycles. The molecule has 304 valence electrons. The van der Waals surface area contributed by atoms with Gasteiger partial charge in [-0.2, -0.15) is 0 Å². The van der Waals surface area contributed by atoms with Gasteiger partial charge in [0.05, 0.1) is 37.1 Å². The smallest absolute Gasteiger partial charge is 0.251 e. The maximum absolute atomic E-state index is 12.8. The Balaban J connectivity index is 0.000000188. The van der Waals surface area contributed by atoms with E-state index in [1.807, 2.05) is 65.4 Å². The number of hydrogen-bond donors (Lipinski definition) is 2. The van der Waals surface area contributed by atoms with E-state index in [2.05, 4.69) is 10.3 Å². The van der Waals surface area contributed by atoms with Crippen molar-refractivity contribution in [3.05, 3.63) is 98.3 Å². The number of ether oxygens (including phenoxy) is 4. The summed E-state index contributed by atoms with van der Waals surface area (Å²) in [5, 5.41) is 5.90. The Morgan fingerprint density at radius 3 is 1.74 bits per heavy atom. The van der Waals surface area contributed by atoms with Crippen molar-refractivity contribution in [1.82, 2.24) is 19.4 Å². The third kappa shape index (κ3) is 9.82. The number of rotatable bonds is 11. The van der Waals surface area contributed by atoms with Crippen LogP contribution in [0, 0.1) is 25.7 Å². The van der Waals surface area contributed by atoms with Crippen LogP contribution >= 0.6 is 0 Å². The third-order valence-corrected chi connectivity index (χ3v) is 12.4. The van der Waals surface area contributed by atoms with E-state index in [9.17, 15) is 9.59 Å². The van der Waals surface area contributed by atoms with Crippen LogP contribution in [0.3, 0.4) is 0 Å². The van der Waals surface area contributed by atoms with Gasteiger partial charge in [0.1, 0.15) is 24.7 Å². The van der Waals surface area contributed by atoms with Crippen LogP contribution in [0.5, 0.6) is 23.0 Å². The highest BCUT2D eigenvalue weighted by atomic mass is 16.6. The fraction of sp³-hybridized carbons (Fsp3) is 0.500. The second kappa shape index (κ2) is 18.6. The lowest BCUT2D eigenvalue weighted by atomic mass is 9.84. The average molecular weight is 778 g/mol. The molecule has 0 atom stereocenters. The fourth-order valence-electron chi connectivity index (χ4n) is 8.86. The highest BCUT2D eigenvalue weighted by Crippen LogP contribution is 2.32. The Labute approximate surface area is 335 Å². The molecule has 4 heterocycles. The van der Waals surface area contributed by atoms with Gasteiger partial charge in [-0.15, -0.1) is 0 Å². The Morgan fingerprint density at radius 2 is 1.21 bits per heavy atom. The van der Waals surface area contributed by atoms with Gasteiger partial charge < -0.3 is 39.1 Å². The molecule has 3 N–H and O–H groups in total. The number of aromatic nitrogens is 3. The summed E-state index contributed by atoms with van der Waals surface area (Å²) in [6.07, 6.45) is 13.1. The van der Waals surface area contributed by atoms with Crippen molar-refractivity contribution in [2.45, 2.75) is 110 Å². The van der Waals surface area contributed by atoms with Gasteiger partial charge in [-0.05, 0) is 125 Å². The predicted molar refractivity (Wildman–Crippen MR) is 226 cm³/mol. The number of nitrogens with one attached hydrogen (secondary N) is 1. The molecular formula is C46H59N5O6. The van der Waals surface area contributed by atoms with E-state index in [4.69, 9.17) is 24.7 Å². The molecule has 5 aromatic rings. The van der Waals surface area contributed by atoms with Gasteiger partial charge in [0.2, 0.25) is 0 Å². The summed E-state index contributed by atoms with van der Waals surface area (Å²) in [5.74, 6) is 4.42. The number of aryl methyl sites for hydroxylation is 4. The zero-order valence-electron chi connectivity index (χ0n) is 34.1. The monoisotopic (exact) mass is 777 g/mol. The minimum atomic E-state index is 0.0699. The third-order valence-electron chi connectivity index (χ3n) is 12.4. The summed E-state index contributed by atoms with van der Waals surface area (Å²) < 4.78 is 25.8. The lowest BCUT2D eigenvalue weighted by molar-refractivity contribution is 0.170. The maximum atomic E-state index is 12.8. The number of hydrogen-bond acceptors (Lipinski definition) is 9. The fourth-order valence-corrected chi connectivity index (χ4v) is 8.86. The SMILES string of the molecule is COc1ccc2c(C)cc(=O)n(CCC3CCC(N)CC3)c2c1.COc1ccc2c(C)cc(=O)n(CCC3CCC(NCc4cc5c(cn4)OCCO5)CC3)c2c1. The van der Waals surface area contributed by atoms with Crippen molar-refractivity contribution in [3.63, 3.8) is 0 Å². The second-order valence-corrected chi connectivity index (χ2v) is 16.2. The van der Waals surface area contributed by atoms with Gasteiger partial charge in [0.15, 0.2) is 11.5 Å². The van der Waals surface area contributed by atoms with E-state index in [1.165, 1.54) is 25.7 Å². The molecule has 0 amide bonds. The molecule has 1 aliphatic heterocycles. The van der Waals surface area contributed by atoms with Crippen molar-refractivity contribution in [2.75, 3.05) is 27.4 Å². The molecule has 0 radical (unpaired) electrons. The molecule has 2 saturated carbocycles. The van der Waals surface area contributed by atoms with E-state index >= 15 is 0 Å². The Morgan fingerprint density at radius 1 is 0.702 bits per heavy atom. The van der Waals surface area contributed by atoms with Gasteiger partial charge >= 0.3 is 0 Å². The van der Waals surface area contributed by atoms with E-state index in [-0.39, 0.29) is 11.1 Å². The number of nitrogens with two attached hydrogens (primary N) is 1. The van der Waals surface area contributed by atoms with Gasteiger partial charge in [-0.1, -0.05) is 0 Å². The first kappa shape index (κ1) is 40.3. The van der Waals surface area contributed by atoms with E-state index in [0.29, 0.717) is 37.1 Å². The molecule has 0 saturated heterocycles. The molecule has 8 rings (SSSR count). The highest BCUT2D eigenvalue weighted by molar-refractivity contribution is 5.84. The largest absolute Gasteiger partial charge is 0.497 e. The van der Waals surface area contributed by atoms with Gasteiger partial charge in [0.25, 0.3) is 11.1 Å². The Kier molecular flexibility index (Phi) is 13.2. The van der Waals surface area contributed by atoms with Crippen LogP contribution in [0.2, 0.25) is 0 Å². The minimum Gasteiger partial charge on any atom is -0.497 e. The molecule has 11 heteroatoms. The molecule has 0 spiro atoms. The summed E-state index contributed by atoms with van der Waals surface area (Å²) in [5.41, 5.74) is 11.1. The first-order valence-corrected chi connectivity index (χ1v) is 20.8. The lowest BCUT2D eigenvalue weighted by Gasteiger charge is -2.29. The van der Waals surface area contributed by atoms with Crippen LogP contribution < -0.4 is 41.1 Å². The first-order valence-electron chi connectivity index (χ1n) is 20.8. The minimum absolute atomic E-state index is 0.0699. The van der Waals surface area contributed by atoms with Crippen molar-refractivity contribution in [3.8, 4) is 23.0 Å². The van der Waals surface area contributed by atoms with Crippen LogP contribution in [0.15, 0.2) is 70.4 Å².